The SMILES string of the molecule is CC(C)CNCc1cnc(N2CC(C)CC2C)c(Cl)c1. The second-order valence-electron chi connectivity index (χ2n) is 6.52. The summed E-state index contributed by atoms with van der Waals surface area (Å²) in [6.45, 7) is 11.8. The molecule has 0 radical (unpaired) electrons. The highest BCUT2D eigenvalue weighted by Crippen LogP contribution is 2.32. The monoisotopic (exact) mass is 295 g/mol. The molecule has 20 heavy (non-hydrogen) atoms. The first-order chi connectivity index (χ1) is 9.47. The molecule has 1 N–H and O–H groups in total. The summed E-state index contributed by atoms with van der Waals surface area (Å²) in [5, 5.41) is 4.19. The van der Waals surface area contributed by atoms with Gasteiger partial charge in [0.15, 0.2) is 0 Å². The third-order valence-corrected chi connectivity index (χ3v) is 4.09. The fourth-order valence-corrected chi connectivity index (χ4v) is 3.18. The number of aromatic nitrogens is 1. The van der Waals surface area contributed by atoms with E-state index in [2.05, 4.69) is 42.9 Å². The lowest BCUT2D eigenvalue weighted by Gasteiger charge is -2.24. The third kappa shape index (κ3) is 3.86. The van der Waals surface area contributed by atoms with Crippen molar-refractivity contribution in [2.75, 3.05) is 18.0 Å². The Kier molecular flexibility index (Phi) is 5.28. The van der Waals surface area contributed by atoms with E-state index in [0.29, 0.717) is 12.0 Å². The summed E-state index contributed by atoms with van der Waals surface area (Å²) in [6.07, 6.45) is 3.17. The van der Waals surface area contributed by atoms with E-state index in [9.17, 15) is 0 Å². The molecule has 1 aliphatic heterocycles. The van der Waals surface area contributed by atoms with Crippen LogP contribution in [0.2, 0.25) is 5.02 Å². The van der Waals surface area contributed by atoms with Gasteiger partial charge in [-0.05, 0) is 43.4 Å². The summed E-state index contributed by atoms with van der Waals surface area (Å²) in [4.78, 5) is 6.93. The maximum Gasteiger partial charge on any atom is 0.147 e. The molecule has 1 fully saturated rings. The number of rotatable bonds is 5. The van der Waals surface area contributed by atoms with Crippen LogP contribution in [0.3, 0.4) is 0 Å². The van der Waals surface area contributed by atoms with Crippen molar-refractivity contribution in [2.45, 2.75) is 46.7 Å². The van der Waals surface area contributed by atoms with Crippen molar-refractivity contribution in [3.05, 3.63) is 22.8 Å². The maximum atomic E-state index is 6.43. The fourth-order valence-electron chi connectivity index (χ4n) is 2.88. The molecule has 2 rings (SSSR count). The topological polar surface area (TPSA) is 28.2 Å². The highest BCUT2D eigenvalue weighted by Gasteiger charge is 2.28. The maximum absolute atomic E-state index is 6.43. The van der Waals surface area contributed by atoms with Gasteiger partial charge in [-0.15, -0.1) is 0 Å². The highest BCUT2D eigenvalue weighted by atomic mass is 35.5. The van der Waals surface area contributed by atoms with E-state index in [-0.39, 0.29) is 0 Å². The summed E-state index contributed by atoms with van der Waals surface area (Å²) in [5.41, 5.74) is 1.15. The molecular formula is C16H26ClN3. The lowest BCUT2D eigenvalue weighted by molar-refractivity contribution is 0.552. The summed E-state index contributed by atoms with van der Waals surface area (Å²) < 4.78 is 0. The number of pyridine rings is 1. The Labute approximate surface area is 127 Å². The Morgan fingerprint density at radius 1 is 1.45 bits per heavy atom. The van der Waals surface area contributed by atoms with Crippen molar-refractivity contribution in [3.8, 4) is 0 Å². The Morgan fingerprint density at radius 3 is 2.75 bits per heavy atom. The largest absolute Gasteiger partial charge is 0.352 e. The molecular weight excluding hydrogens is 270 g/mol. The number of hydrogen-bond donors (Lipinski definition) is 1. The minimum atomic E-state index is 0.528. The summed E-state index contributed by atoms with van der Waals surface area (Å²) >= 11 is 6.43. The smallest absolute Gasteiger partial charge is 0.147 e. The normalized spacial score (nSPS) is 22.8. The summed E-state index contributed by atoms with van der Waals surface area (Å²) in [7, 11) is 0. The first kappa shape index (κ1) is 15.6. The fraction of sp³-hybridized carbons (Fsp3) is 0.688. The van der Waals surface area contributed by atoms with Gasteiger partial charge in [-0.3, -0.25) is 0 Å². The van der Waals surface area contributed by atoms with Crippen LogP contribution >= 0.6 is 11.6 Å². The molecule has 2 atom stereocenters. The van der Waals surface area contributed by atoms with Crippen molar-refractivity contribution in [3.63, 3.8) is 0 Å². The molecule has 1 saturated heterocycles. The highest BCUT2D eigenvalue weighted by molar-refractivity contribution is 6.33. The average Bonchev–Trinajstić information content (AvgIpc) is 2.68. The first-order valence-corrected chi connectivity index (χ1v) is 7.97. The standard InChI is InChI=1S/C16H26ClN3/c1-11(2)7-18-8-14-6-15(17)16(19-9-14)20-10-12(3)5-13(20)4/h6,9,11-13,18H,5,7-8,10H2,1-4H3. The molecule has 2 unspecified atom stereocenters. The van der Waals surface area contributed by atoms with Gasteiger partial charge in [-0.25, -0.2) is 4.98 Å². The van der Waals surface area contributed by atoms with Gasteiger partial charge in [-0.1, -0.05) is 32.4 Å². The van der Waals surface area contributed by atoms with Gasteiger partial charge in [0.25, 0.3) is 0 Å². The van der Waals surface area contributed by atoms with Crippen LogP contribution in [0.5, 0.6) is 0 Å². The zero-order chi connectivity index (χ0) is 14.7. The first-order valence-electron chi connectivity index (χ1n) is 7.59. The molecule has 2 heterocycles. The lowest BCUT2D eigenvalue weighted by Crippen LogP contribution is -2.28. The van der Waals surface area contributed by atoms with Crippen LogP contribution in [-0.4, -0.2) is 24.1 Å². The third-order valence-electron chi connectivity index (χ3n) is 3.82. The van der Waals surface area contributed by atoms with Crippen LogP contribution in [0.4, 0.5) is 5.82 Å². The Hall–Kier alpha value is -0.800. The molecule has 0 spiro atoms. The predicted octanol–water partition coefficient (Wildman–Crippen LogP) is 3.72. The van der Waals surface area contributed by atoms with Crippen LogP contribution in [0, 0.1) is 11.8 Å². The minimum Gasteiger partial charge on any atom is -0.352 e. The van der Waals surface area contributed by atoms with Gasteiger partial charge < -0.3 is 10.2 Å². The molecule has 0 bridgehead atoms. The van der Waals surface area contributed by atoms with Gasteiger partial charge in [-0.2, -0.15) is 0 Å². The minimum absolute atomic E-state index is 0.528. The number of hydrogen-bond acceptors (Lipinski definition) is 3. The molecule has 3 nitrogen and oxygen atoms in total. The zero-order valence-electron chi connectivity index (χ0n) is 13.0. The Balaban J connectivity index is 2.02. The van der Waals surface area contributed by atoms with E-state index < -0.39 is 0 Å². The van der Waals surface area contributed by atoms with E-state index in [1.54, 1.807) is 0 Å². The second-order valence-corrected chi connectivity index (χ2v) is 6.92. The molecule has 0 saturated carbocycles. The van der Waals surface area contributed by atoms with Crippen LogP contribution in [0.15, 0.2) is 12.3 Å². The van der Waals surface area contributed by atoms with E-state index in [1.165, 1.54) is 6.42 Å². The van der Waals surface area contributed by atoms with Gasteiger partial charge in [0.1, 0.15) is 5.82 Å². The van der Waals surface area contributed by atoms with Crippen molar-refractivity contribution in [2.24, 2.45) is 11.8 Å². The van der Waals surface area contributed by atoms with Crippen LogP contribution in [-0.2, 0) is 6.54 Å². The molecule has 0 aliphatic carbocycles. The van der Waals surface area contributed by atoms with Gasteiger partial charge in [0, 0.05) is 25.3 Å². The lowest BCUT2D eigenvalue weighted by atomic mass is 10.1. The molecule has 4 heteroatoms. The molecule has 1 aromatic heterocycles. The second kappa shape index (κ2) is 6.77. The summed E-state index contributed by atoms with van der Waals surface area (Å²) in [5.74, 6) is 2.32. The predicted molar refractivity (Wildman–Crippen MR) is 86.4 cm³/mol. The average molecular weight is 296 g/mol. The number of nitrogens with zero attached hydrogens (tertiary/aromatic N) is 2. The van der Waals surface area contributed by atoms with Crippen molar-refractivity contribution < 1.29 is 0 Å². The van der Waals surface area contributed by atoms with Crippen molar-refractivity contribution in [1.29, 1.82) is 0 Å². The van der Waals surface area contributed by atoms with Gasteiger partial charge in [0.05, 0.1) is 5.02 Å². The molecule has 1 aliphatic rings. The van der Waals surface area contributed by atoms with Crippen LogP contribution in [0.1, 0.15) is 39.7 Å². The van der Waals surface area contributed by atoms with E-state index >= 15 is 0 Å². The number of anilines is 1. The zero-order valence-corrected chi connectivity index (χ0v) is 13.7. The molecule has 0 amide bonds. The molecule has 0 aromatic carbocycles. The van der Waals surface area contributed by atoms with Crippen LogP contribution in [0.25, 0.3) is 0 Å². The van der Waals surface area contributed by atoms with Crippen molar-refractivity contribution >= 4 is 17.4 Å². The van der Waals surface area contributed by atoms with E-state index in [0.717, 1.165) is 42.0 Å². The van der Waals surface area contributed by atoms with Crippen LogP contribution < -0.4 is 10.2 Å². The van der Waals surface area contributed by atoms with E-state index in [4.69, 9.17) is 11.6 Å². The molecule has 112 valence electrons. The van der Waals surface area contributed by atoms with Gasteiger partial charge >= 0.3 is 0 Å². The van der Waals surface area contributed by atoms with Crippen molar-refractivity contribution in [1.82, 2.24) is 10.3 Å². The Morgan fingerprint density at radius 2 is 2.20 bits per heavy atom. The number of halogens is 1. The Bertz CT molecular complexity index is 447. The van der Waals surface area contributed by atoms with E-state index in [1.807, 2.05) is 12.3 Å². The molecule has 1 aromatic rings. The summed E-state index contributed by atoms with van der Waals surface area (Å²) in [6, 6.07) is 2.58. The quantitative estimate of drug-likeness (QED) is 0.897. The number of nitrogens with one attached hydrogen (secondary N) is 1. The van der Waals surface area contributed by atoms with Gasteiger partial charge in [0.2, 0.25) is 0 Å².